The van der Waals surface area contributed by atoms with Gasteiger partial charge in [-0.25, -0.2) is 0 Å². The summed E-state index contributed by atoms with van der Waals surface area (Å²) in [5, 5.41) is 0. The molecule has 0 radical (unpaired) electrons. The van der Waals surface area contributed by atoms with Gasteiger partial charge in [-0.2, -0.15) is 0 Å². The van der Waals surface area contributed by atoms with E-state index in [-0.39, 0.29) is 0 Å². The van der Waals surface area contributed by atoms with Crippen molar-refractivity contribution >= 4 is 10.0 Å². The Bertz CT molecular complexity index is 102. The van der Waals surface area contributed by atoms with Crippen LogP contribution in [0.3, 0.4) is 0 Å². The summed E-state index contributed by atoms with van der Waals surface area (Å²) < 4.78 is 21.1. The highest BCUT2D eigenvalue weighted by Crippen LogP contribution is 1.87. The van der Waals surface area contributed by atoms with Gasteiger partial charge in [0.05, 0.1) is 26.4 Å². The molecule has 0 aromatic carbocycles. The third-order valence-corrected chi connectivity index (χ3v) is 2.79. The Morgan fingerprint density at radius 2 is 1.47 bits per heavy atom. The molecule has 92 valence electrons. The van der Waals surface area contributed by atoms with Crippen molar-refractivity contribution in [3.05, 3.63) is 0 Å². The number of hydrogen-bond acceptors (Lipinski definition) is 4. The molecule has 5 heteroatoms. The summed E-state index contributed by atoms with van der Waals surface area (Å²) in [5.41, 5.74) is 0. The average molecular weight is 236 g/mol. The van der Waals surface area contributed by atoms with Crippen LogP contribution >= 0.6 is 0 Å². The molecular weight excluding hydrogens is 212 g/mol. The van der Waals surface area contributed by atoms with E-state index in [0.29, 0.717) is 26.4 Å². The molecule has 15 heavy (non-hydrogen) atoms. The van der Waals surface area contributed by atoms with Crippen molar-refractivity contribution in [3.63, 3.8) is 0 Å². The van der Waals surface area contributed by atoms with Gasteiger partial charge in [-0.05, 0) is 13.3 Å². The average Bonchev–Trinajstić information content (AvgIpc) is 2.26. The van der Waals surface area contributed by atoms with E-state index in [1.807, 2.05) is 6.92 Å². The van der Waals surface area contributed by atoms with E-state index in [2.05, 4.69) is 6.92 Å². The Labute approximate surface area is 95.3 Å². The highest BCUT2D eigenvalue weighted by Gasteiger charge is 1.91. The first-order valence-electron chi connectivity index (χ1n) is 5.72. The van der Waals surface area contributed by atoms with Crippen LogP contribution in [0.25, 0.3) is 0 Å². The summed E-state index contributed by atoms with van der Waals surface area (Å²) in [5.74, 6) is 0. The summed E-state index contributed by atoms with van der Waals surface area (Å²) in [7, 11) is -0.751. The fraction of sp³-hybridized carbons (Fsp3) is 1.00. The zero-order valence-electron chi connectivity index (χ0n) is 10.00. The van der Waals surface area contributed by atoms with E-state index in [1.165, 1.54) is 6.42 Å². The Hall–Kier alpha value is 0.0569. The van der Waals surface area contributed by atoms with Gasteiger partial charge in [0.25, 0.3) is 0 Å². The van der Waals surface area contributed by atoms with Crippen molar-refractivity contribution in [1.29, 1.82) is 0 Å². The lowest BCUT2D eigenvalue weighted by atomic mass is 10.4. The van der Waals surface area contributed by atoms with Crippen LogP contribution < -0.4 is 0 Å². The van der Waals surface area contributed by atoms with Crippen LogP contribution in [0.2, 0.25) is 0 Å². The topological polar surface area (TPSA) is 36.9 Å². The molecule has 0 aliphatic carbocycles. The van der Waals surface area contributed by atoms with Gasteiger partial charge in [-0.3, -0.25) is 0 Å². The summed E-state index contributed by atoms with van der Waals surface area (Å²) in [6.07, 6.45) is 2.31. The largest absolute Gasteiger partial charge is 0.399 e. The van der Waals surface area contributed by atoms with Crippen LogP contribution in [0.5, 0.6) is 0 Å². The lowest BCUT2D eigenvalue weighted by Gasteiger charge is -2.06. The molecule has 0 heterocycles. The van der Waals surface area contributed by atoms with Gasteiger partial charge in [0, 0.05) is 13.2 Å². The standard InChI is InChI=1S/C10H24O4Si/c1-3-5-6-11-7-8-12-9-10-14-15-13-4-2/h3-10,15H2,1-2H3. The minimum Gasteiger partial charge on any atom is -0.399 e. The summed E-state index contributed by atoms with van der Waals surface area (Å²) in [6.45, 7) is 8.33. The predicted octanol–water partition coefficient (Wildman–Crippen LogP) is 0.872. The second-order valence-corrected chi connectivity index (χ2v) is 4.15. The van der Waals surface area contributed by atoms with Crippen molar-refractivity contribution < 1.29 is 18.3 Å². The molecular formula is C10H24O4Si. The molecule has 0 aromatic rings. The van der Waals surface area contributed by atoms with Crippen LogP contribution in [0.1, 0.15) is 26.7 Å². The van der Waals surface area contributed by atoms with E-state index in [1.54, 1.807) is 0 Å². The van der Waals surface area contributed by atoms with E-state index >= 15 is 0 Å². The molecule has 0 saturated heterocycles. The first-order chi connectivity index (χ1) is 7.41. The van der Waals surface area contributed by atoms with Gasteiger partial charge >= 0.3 is 10.0 Å². The molecule has 0 rings (SSSR count). The molecule has 0 atom stereocenters. The van der Waals surface area contributed by atoms with Crippen molar-refractivity contribution in [2.45, 2.75) is 26.7 Å². The fourth-order valence-corrected chi connectivity index (χ4v) is 1.41. The van der Waals surface area contributed by atoms with Crippen LogP contribution in [0, 0.1) is 0 Å². The first kappa shape index (κ1) is 15.1. The Kier molecular flexibility index (Phi) is 14.1. The second kappa shape index (κ2) is 14.1. The zero-order valence-corrected chi connectivity index (χ0v) is 11.4. The van der Waals surface area contributed by atoms with E-state index in [9.17, 15) is 0 Å². The van der Waals surface area contributed by atoms with Gasteiger partial charge in [0.2, 0.25) is 0 Å². The molecule has 0 saturated carbocycles. The SMILES string of the molecule is CCCCOCCOCCO[SiH2]OCC. The number of unbranched alkanes of at least 4 members (excludes halogenated alkanes) is 1. The van der Waals surface area contributed by atoms with Crippen LogP contribution in [0.4, 0.5) is 0 Å². The molecule has 0 bridgehead atoms. The molecule has 4 nitrogen and oxygen atoms in total. The summed E-state index contributed by atoms with van der Waals surface area (Å²) in [4.78, 5) is 0. The number of ether oxygens (including phenoxy) is 2. The summed E-state index contributed by atoms with van der Waals surface area (Å²) >= 11 is 0. The lowest BCUT2D eigenvalue weighted by molar-refractivity contribution is 0.0334. The van der Waals surface area contributed by atoms with Gasteiger partial charge in [0.1, 0.15) is 0 Å². The minimum atomic E-state index is -0.751. The smallest absolute Gasteiger partial charge is 0.304 e. The monoisotopic (exact) mass is 236 g/mol. The maximum atomic E-state index is 5.34. The second-order valence-electron chi connectivity index (χ2n) is 3.10. The molecule has 0 aliphatic rings. The lowest BCUT2D eigenvalue weighted by Crippen LogP contribution is -2.12. The molecule has 0 aliphatic heterocycles. The third-order valence-electron chi connectivity index (χ3n) is 1.76. The highest BCUT2D eigenvalue weighted by atomic mass is 28.3. The highest BCUT2D eigenvalue weighted by molar-refractivity contribution is 6.17. The van der Waals surface area contributed by atoms with Gasteiger partial charge in [-0.1, -0.05) is 13.3 Å². The molecule has 0 fully saturated rings. The number of rotatable bonds is 12. The van der Waals surface area contributed by atoms with E-state index in [0.717, 1.165) is 19.6 Å². The fourth-order valence-electron chi connectivity index (χ4n) is 0.887. The summed E-state index contributed by atoms with van der Waals surface area (Å²) in [6, 6.07) is 0. The Morgan fingerprint density at radius 3 is 2.13 bits per heavy atom. The van der Waals surface area contributed by atoms with Crippen molar-refractivity contribution in [3.8, 4) is 0 Å². The molecule has 0 spiro atoms. The van der Waals surface area contributed by atoms with Crippen LogP contribution in [0.15, 0.2) is 0 Å². The van der Waals surface area contributed by atoms with E-state index < -0.39 is 10.0 Å². The minimum absolute atomic E-state index is 0.636. The first-order valence-corrected chi connectivity index (χ1v) is 6.88. The zero-order chi connectivity index (χ0) is 11.2. The molecule has 0 N–H and O–H groups in total. The molecule has 0 unspecified atom stereocenters. The van der Waals surface area contributed by atoms with Crippen LogP contribution in [-0.2, 0) is 18.3 Å². The van der Waals surface area contributed by atoms with Crippen molar-refractivity contribution in [2.75, 3.05) is 39.6 Å². The van der Waals surface area contributed by atoms with Gasteiger partial charge in [-0.15, -0.1) is 0 Å². The van der Waals surface area contributed by atoms with Crippen LogP contribution in [-0.4, -0.2) is 49.6 Å². The normalized spacial score (nSPS) is 11.6. The quantitative estimate of drug-likeness (QED) is 0.372. The van der Waals surface area contributed by atoms with Crippen molar-refractivity contribution in [2.24, 2.45) is 0 Å². The number of hydrogen-bond donors (Lipinski definition) is 0. The maximum Gasteiger partial charge on any atom is 0.304 e. The Balaban J connectivity index is 2.81. The van der Waals surface area contributed by atoms with E-state index in [4.69, 9.17) is 18.3 Å². The Morgan fingerprint density at radius 1 is 0.800 bits per heavy atom. The molecule has 0 aromatic heterocycles. The maximum absolute atomic E-state index is 5.34. The van der Waals surface area contributed by atoms with Gasteiger partial charge in [0.15, 0.2) is 0 Å². The molecule has 0 amide bonds. The van der Waals surface area contributed by atoms with Crippen molar-refractivity contribution in [1.82, 2.24) is 0 Å². The van der Waals surface area contributed by atoms with Gasteiger partial charge < -0.3 is 18.3 Å². The third kappa shape index (κ3) is 14.1. The predicted molar refractivity (Wildman–Crippen MR) is 62.7 cm³/mol.